The second kappa shape index (κ2) is 8.58. The first kappa shape index (κ1) is 26.7. The molecule has 1 heterocycles. The van der Waals surface area contributed by atoms with Gasteiger partial charge >= 0.3 is 17.9 Å². The summed E-state index contributed by atoms with van der Waals surface area (Å²) < 4.78 is 29.7. The van der Waals surface area contributed by atoms with Gasteiger partial charge in [0, 0.05) is 51.2 Å². The Morgan fingerprint density at radius 1 is 1.00 bits per heavy atom. The first-order chi connectivity index (χ1) is 16.6. The van der Waals surface area contributed by atoms with Crippen molar-refractivity contribution in [3.63, 3.8) is 0 Å². The number of fused-ring (bicyclic) bond motifs is 4. The van der Waals surface area contributed by atoms with Crippen LogP contribution in [0.15, 0.2) is 16.7 Å². The molecule has 36 heavy (non-hydrogen) atoms. The van der Waals surface area contributed by atoms with Crippen molar-refractivity contribution in [2.24, 2.45) is 22.7 Å². The number of ether oxygens (including phenoxy) is 4. The maximum atomic E-state index is 12.9. The van der Waals surface area contributed by atoms with Crippen molar-refractivity contribution in [2.75, 3.05) is 7.11 Å². The fourth-order valence-electron chi connectivity index (χ4n) is 7.84. The second-order valence-electron chi connectivity index (χ2n) is 11.6. The minimum atomic E-state index is -1.73. The highest BCUT2D eigenvalue weighted by molar-refractivity contribution is 5.68. The smallest absolute Gasteiger partial charge is 0.303 e. The van der Waals surface area contributed by atoms with Crippen LogP contribution in [0.25, 0.3) is 0 Å². The highest BCUT2D eigenvalue weighted by Crippen LogP contribution is 2.69. The fourth-order valence-corrected chi connectivity index (χ4v) is 7.84. The fraction of sp³-hybridized carbons (Fsp3) is 0.741. The summed E-state index contributed by atoms with van der Waals surface area (Å²) in [5.41, 5.74) is -3.86. The second-order valence-corrected chi connectivity index (χ2v) is 11.6. The van der Waals surface area contributed by atoms with Crippen molar-refractivity contribution >= 4 is 17.9 Å². The Bertz CT molecular complexity index is 1060. The lowest BCUT2D eigenvalue weighted by molar-refractivity contribution is -0.352. The van der Waals surface area contributed by atoms with E-state index in [4.69, 9.17) is 23.4 Å². The number of methoxy groups -OCH3 is 1. The van der Waals surface area contributed by atoms with Gasteiger partial charge in [-0.05, 0) is 37.2 Å². The average Bonchev–Trinajstić information content (AvgIpc) is 3.25. The summed E-state index contributed by atoms with van der Waals surface area (Å²) in [7, 11) is 1.57. The SMILES string of the molecule is CO[C@@]1(C)c2ccoc2C[C@H]2[C@H]1[C@@H](OC(C)=O)[C@H](OC(C)=O)[C@@]1(O)C(C)(C)CC[C@H](OC(C)=O)[C@]21C. The van der Waals surface area contributed by atoms with Crippen molar-refractivity contribution in [2.45, 2.75) is 97.2 Å². The van der Waals surface area contributed by atoms with Crippen molar-refractivity contribution in [1.82, 2.24) is 0 Å². The van der Waals surface area contributed by atoms with Crippen LogP contribution in [0.5, 0.6) is 0 Å². The van der Waals surface area contributed by atoms with Crippen LogP contribution in [0, 0.1) is 22.7 Å². The van der Waals surface area contributed by atoms with Gasteiger partial charge in [-0.15, -0.1) is 0 Å². The number of aliphatic hydroxyl groups is 1. The number of carbonyl (C=O) groups excluding carboxylic acids is 3. The van der Waals surface area contributed by atoms with Gasteiger partial charge in [0.25, 0.3) is 0 Å². The average molecular weight is 507 g/mol. The lowest BCUT2D eigenvalue weighted by Gasteiger charge is -2.70. The summed E-state index contributed by atoms with van der Waals surface area (Å²) in [6.45, 7) is 11.5. The van der Waals surface area contributed by atoms with E-state index in [0.717, 1.165) is 5.56 Å². The van der Waals surface area contributed by atoms with E-state index < -0.39 is 70.1 Å². The molecule has 0 bridgehead atoms. The molecule has 200 valence electrons. The quantitative estimate of drug-likeness (QED) is 0.484. The normalized spacial score (nSPS) is 40.8. The predicted molar refractivity (Wildman–Crippen MR) is 126 cm³/mol. The van der Waals surface area contributed by atoms with E-state index in [-0.39, 0.29) is 0 Å². The first-order valence-corrected chi connectivity index (χ1v) is 12.5. The van der Waals surface area contributed by atoms with Crippen LogP contribution >= 0.6 is 0 Å². The van der Waals surface area contributed by atoms with E-state index in [2.05, 4.69) is 0 Å². The number of hydrogen-bond donors (Lipinski definition) is 1. The zero-order valence-electron chi connectivity index (χ0n) is 22.4. The highest BCUT2D eigenvalue weighted by atomic mass is 16.6. The minimum Gasteiger partial charge on any atom is -0.469 e. The zero-order valence-corrected chi connectivity index (χ0v) is 22.4. The van der Waals surface area contributed by atoms with E-state index >= 15 is 0 Å². The predicted octanol–water partition coefficient (Wildman–Crippen LogP) is 3.30. The molecule has 0 aromatic carbocycles. The van der Waals surface area contributed by atoms with Gasteiger partial charge in [0.05, 0.1) is 6.26 Å². The standard InChI is InChI=1S/C27H38O9/c1-14(28)34-20-9-11-24(4,5)27(31)23(36-16(3)30)22(35-15(2)29)21-18(25(20,27)6)13-19-17(10-12-33-19)26(21,7)32-8/h10,12,18,20-23,31H,9,11,13H2,1-8H3/t18-,20-,21-,22+,23-,25-,26-,27+/m0/s1. The van der Waals surface area contributed by atoms with Crippen LogP contribution in [0.3, 0.4) is 0 Å². The van der Waals surface area contributed by atoms with Gasteiger partial charge in [0.2, 0.25) is 0 Å². The maximum Gasteiger partial charge on any atom is 0.303 e. The number of hydrogen-bond acceptors (Lipinski definition) is 9. The van der Waals surface area contributed by atoms with Gasteiger partial charge in [0.15, 0.2) is 6.10 Å². The summed E-state index contributed by atoms with van der Waals surface area (Å²) in [6, 6.07) is 1.83. The molecular weight excluding hydrogens is 468 g/mol. The third-order valence-electron chi connectivity index (χ3n) is 9.47. The van der Waals surface area contributed by atoms with Gasteiger partial charge in [0.1, 0.15) is 29.2 Å². The van der Waals surface area contributed by atoms with Gasteiger partial charge in [-0.2, -0.15) is 0 Å². The van der Waals surface area contributed by atoms with Crippen molar-refractivity contribution in [3.05, 3.63) is 23.7 Å². The van der Waals surface area contributed by atoms with Crippen LogP contribution in [0.4, 0.5) is 0 Å². The third-order valence-corrected chi connectivity index (χ3v) is 9.47. The Labute approximate surface area is 211 Å². The maximum absolute atomic E-state index is 12.9. The number of rotatable bonds is 4. The van der Waals surface area contributed by atoms with Crippen LogP contribution in [-0.4, -0.2) is 54.0 Å². The van der Waals surface area contributed by atoms with Crippen molar-refractivity contribution < 1.29 is 42.9 Å². The molecule has 0 spiro atoms. The molecular formula is C27H38O9. The summed E-state index contributed by atoms with van der Waals surface area (Å²) in [5.74, 6) is -1.93. The van der Waals surface area contributed by atoms with Crippen molar-refractivity contribution in [3.8, 4) is 0 Å². The third kappa shape index (κ3) is 3.45. The van der Waals surface area contributed by atoms with Crippen LogP contribution in [-0.2, 0) is 45.4 Å². The first-order valence-electron chi connectivity index (χ1n) is 12.5. The molecule has 8 atom stereocenters. The van der Waals surface area contributed by atoms with E-state index in [1.165, 1.54) is 20.8 Å². The molecule has 2 fully saturated rings. The summed E-state index contributed by atoms with van der Waals surface area (Å²) >= 11 is 0. The minimum absolute atomic E-state index is 0.392. The van der Waals surface area contributed by atoms with Crippen LogP contribution < -0.4 is 0 Å². The Balaban J connectivity index is 2.07. The lowest BCUT2D eigenvalue weighted by atomic mass is 9.38. The monoisotopic (exact) mass is 506 g/mol. The number of esters is 3. The molecule has 1 N–H and O–H groups in total. The van der Waals surface area contributed by atoms with E-state index in [1.54, 1.807) is 13.4 Å². The molecule has 0 unspecified atom stereocenters. The van der Waals surface area contributed by atoms with Gasteiger partial charge in [-0.3, -0.25) is 14.4 Å². The van der Waals surface area contributed by atoms with Gasteiger partial charge in [-0.25, -0.2) is 0 Å². The zero-order chi connectivity index (χ0) is 26.8. The highest BCUT2D eigenvalue weighted by Gasteiger charge is 2.78. The summed E-state index contributed by atoms with van der Waals surface area (Å²) in [4.78, 5) is 37.2. The van der Waals surface area contributed by atoms with Crippen LogP contribution in [0.2, 0.25) is 0 Å². The molecule has 9 nitrogen and oxygen atoms in total. The molecule has 1 aromatic rings. The Hall–Kier alpha value is -2.39. The Morgan fingerprint density at radius 2 is 1.61 bits per heavy atom. The van der Waals surface area contributed by atoms with Crippen LogP contribution in [0.1, 0.15) is 72.6 Å². The molecule has 0 amide bonds. The topological polar surface area (TPSA) is 122 Å². The van der Waals surface area contributed by atoms with Gasteiger partial charge < -0.3 is 28.5 Å². The molecule has 9 heteroatoms. The lowest BCUT2D eigenvalue weighted by Crippen LogP contribution is -2.81. The van der Waals surface area contributed by atoms with E-state index in [9.17, 15) is 19.5 Å². The molecule has 4 rings (SSSR count). The Kier molecular flexibility index (Phi) is 6.36. The summed E-state index contributed by atoms with van der Waals surface area (Å²) in [6.07, 6.45) is 0.0325. The summed E-state index contributed by atoms with van der Waals surface area (Å²) in [5, 5.41) is 12.9. The molecule has 1 aromatic heterocycles. The Morgan fingerprint density at radius 3 is 2.17 bits per heavy atom. The largest absolute Gasteiger partial charge is 0.469 e. The van der Waals surface area contributed by atoms with E-state index in [0.29, 0.717) is 25.0 Å². The van der Waals surface area contributed by atoms with Gasteiger partial charge in [-0.1, -0.05) is 20.8 Å². The molecule has 3 aliphatic rings. The molecule has 0 aliphatic heterocycles. The molecule has 2 saturated carbocycles. The van der Waals surface area contributed by atoms with Crippen molar-refractivity contribution in [1.29, 1.82) is 0 Å². The molecule has 0 radical (unpaired) electrons. The molecule has 0 saturated heterocycles. The number of furan rings is 1. The number of carbonyl (C=O) groups is 3. The molecule has 3 aliphatic carbocycles. The van der Waals surface area contributed by atoms with E-state index in [1.807, 2.05) is 33.8 Å².